The molecule has 4 aliphatic rings. The van der Waals surface area contributed by atoms with Gasteiger partial charge >= 0.3 is 12.1 Å². The lowest BCUT2D eigenvalue weighted by Gasteiger charge is -2.35. The molecule has 0 aromatic heterocycles. The molecule has 1 saturated heterocycles. The molecule has 2 aliphatic carbocycles. The lowest BCUT2D eigenvalue weighted by molar-refractivity contribution is -0.146. The van der Waals surface area contributed by atoms with E-state index >= 15 is 0 Å². The number of ether oxygens (including phenoxy) is 2. The molecule has 1 aromatic carbocycles. The van der Waals surface area contributed by atoms with Crippen LogP contribution in [0, 0.1) is 17.2 Å². The Morgan fingerprint density at radius 2 is 1.98 bits per heavy atom. The van der Waals surface area contributed by atoms with E-state index in [1.807, 2.05) is 0 Å². The molecule has 5 rings (SSSR count). The van der Waals surface area contributed by atoms with Crippen LogP contribution in [0.3, 0.4) is 0 Å². The molecule has 2 saturated carbocycles. The van der Waals surface area contributed by atoms with Crippen molar-refractivity contribution in [3.63, 3.8) is 0 Å². The third kappa shape index (κ3) is 7.13. The minimum absolute atomic E-state index is 0.0199. The van der Waals surface area contributed by atoms with Crippen LogP contribution in [0.2, 0.25) is 0 Å². The summed E-state index contributed by atoms with van der Waals surface area (Å²) in [6.07, 6.45) is 4.44. The van der Waals surface area contributed by atoms with Crippen molar-refractivity contribution >= 4 is 29.6 Å². The largest absolute Gasteiger partial charge is 0.492 e. The summed E-state index contributed by atoms with van der Waals surface area (Å²) in [7, 11) is 0. The first-order chi connectivity index (χ1) is 21.8. The van der Waals surface area contributed by atoms with Gasteiger partial charge in [0.15, 0.2) is 0 Å². The van der Waals surface area contributed by atoms with E-state index in [9.17, 15) is 28.7 Å². The normalized spacial score (nSPS) is 27.3. The Kier molecular flexibility index (Phi) is 9.59. The summed E-state index contributed by atoms with van der Waals surface area (Å²) in [4.78, 5) is 60.3. The van der Waals surface area contributed by atoms with Crippen molar-refractivity contribution in [2.24, 2.45) is 16.5 Å². The van der Waals surface area contributed by atoms with Gasteiger partial charge in [-0.25, -0.2) is 14.0 Å². The summed E-state index contributed by atoms with van der Waals surface area (Å²) in [5.74, 6) is -2.63. The first kappa shape index (κ1) is 33.2. The van der Waals surface area contributed by atoms with Gasteiger partial charge in [-0.05, 0) is 68.1 Å². The molecule has 0 spiro atoms. The number of halogens is 1. The van der Waals surface area contributed by atoms with E-state index in [1.165, 1.54) is 23.1 Å². The van der Waals surface area contributed by atoms with E-state index in [4.69, 9.17) is 14.3 Å². The maximum atomic E-state index is 14.2. The average molecular weight is 643 g/mol. The molecule has 0 bridgehead atoms. The number of aliphatic carboxylic acids is 1. The standard InChI is InChI=1S/C33H43FN4O8/c1-5-8-19-17-33(19,30(41)42)36-28(39)25-16-22(46-37-24-13-14-44-26-12-11-20(34)15-23(24)26)18-38(25)29(40)27(32(2,3)4)35-31(43)45-21-9-6-7-10-21/h5,11-12,15,19,21-22,25,27H,1,6-10,13-14,16-18H2,2-4H3,(H,35,43)(H,36,39)(H,41,42)/b37-24+/t19-,22-,25+,27-,33-/m1/s1. The Labute approximate surface area is 267 Å². The highest BCUT2D eigenvalue weighted by atomic mass is 19.1. The number of carboxylic acid groups (broad SMARTS) is 1. The SMILES string of the molecule is C=CC[C@@H]1C[C@]1(NC(=O)[C@@H]1C[C@@H](O/N=C2\CCOc3ccc(F)cc32)CN1C(=O)[C@@H](NC(=O)OC1CCCC1)C(C)(C)C)C(=O)O. The molecule has 1 aromatic rings. The van der Waals surface area contributed by atoms with E-state index in [2.05, 4.69) is 22.4 Å². The zero-order valence-electron chi connectivity index (χ0n) is 26.6. The number of benzene rings is 1. The fourth-order valence-electron chi connectivity index (χ4n) is 6.56. The van der Waals surface area contributed by atoms with Crippen LogP contribution in [-0.4, -0.2) is 82.6 Å². The number of carbonyl (C=O) groups is 4. The summed E-state index contributed by atoms with van der Waals surface area (Å²) in [6.45, 7) is 9.33. The van der Waals surface area contributed by atoms with Crippen molar-refractivity contribution in [3.05, 3.63) is 42.2 Å². The van der Waals surface area contributed by atoms with E-state index in [0.29, 0.717) is 36.5 Å². The van der Waals surface area contributed by atoms with E-state index in [-0.39, 0.29) is 31.4 Å². The molecule has 2 heterocycles. The molecule has 5 atom stereocenters. The van der Waals surface area contributed by atoms with Crippen LogP contribution < -0.4 is 15.4 Å². The van der Waals surface area contributed by atoms with Gasteiger partial charge in [-0.1, -0.05) is 32.0 Å². The maximum Gasteiger partial charge on any atom is 0.408 e. The highest BCUT2D eigenvalue weighted by Crippen LogP contribution is 2.46. The van der Waals surface area contributed by atoms with Gasteiger partial charge in [-0.15, -0.1) is 6.58 Å². The maximum absolute atomic E-state index is 14.2. The predicted octanol–water partition coefficient (Wildman–Crippen LogP) is 3.92. The van der Waals surface area contributed by atoms with Gasteiger partial charge < -0.3 is 35.0 Å². The van der Waals surface area contributed by atoms with Gasteiger partial charge in [0.2, 0.25) is 11.8 Å². The second kappa shape index (κ2) is 13.3. The smallest absolute Gasteiger partial charge is 0.408 e. The highest BCUT2D eigenvalue weighted by Gasteiger charge is 2.62. The van der Waals surface area contributed by atoms with Crippen molar-refractivity contribution in [1.29, 1.82) is 0 Å². The topological polar surface area (TPSA) is 156 Å². The second-order valence-corrected chi connectivity index (χ2v) is 13.7. The molecule has 250 valence electrons. The van der Waals surface area contributed by atoms with Gasteiger partial charge in [0.1, 0.15) is 41.4 Å². The number of rotatable bonds is 10. The van der Waals surface area contributed by atoms with E-state index < -0.39 is 58.8 Å². The van der Waals surface area contributed by atoms with Crippen LogP contribution in [0.5, 0.6) is 5.75 Å². The molecule has 3 amide bonds. The van der Waals surface area contributed by atoms with E-state index in [1.54, 1.807) is 26.8 Å². The molecular formula is C33H43FN4O8. The van der Waals surface area contributed by atoms with Crippen molar-refractivity contribution in [2.75, 3.05) is 13.2 Å². The summed E-state index contributed by atoms with van der Waals surface area (Å²) in [5, 5.41) is 19.7. The van der Waals surface area contributed by atoms with Crippen LogP contribution in [0.4, 0.5) is 9.18 Å². The zero-order valence-corrected chi connectivity index (χ0v) is 26.6. The Morgan fingerprint density at radius 1 is 1.24 bits per heavy atom. The Hall–Kier alpha value is -4.16. The van der Waals surface area contributed by atoms with E-state index in [0.717, 1.165) is 25.7 Å². The summed E-state index contributed by atoms with van der Waals surface area (Å²) in [5.41, 5.74) is -1.31. The molecule has 0 radical (unpaired) electrons. The minimum atomic E-state index is -1.46. The summed E-state index contributed by atoms with van der Waals surface area (Å²) < 4.78 is 25.2. The van der Waals surface area contributed by atoms with Crippen LogP contribution >= 0.6 is 0 Å². The number of fused-ring (bicyclic) bond motifs is 1. The number of nitrogens with one attached hydrogen (secondary N) is 2. The lowest BCUT2D eigenvalue weighted by atomic mass is 9.85. The number of amides is 3. The van der Waals surface area contributed by atoms with Crippen molar-refractivity contribution in [3.8, 4) is 5.75 Å². The Balaban J connectivity index is 1.38. The first-order valence-corrected chi connectivity index (χ1v) is 15.9. The number of carboxylic acids is 1. The van der Waals surface area contributed by atoms with Crippen LogP contribution in [0.15, 0.2) is 36.0 Å². The Bertz CT molecular complexity index is 1400. The summed E-state index contributed by atoms with van der Waals surface area (Å²) >= 11 is 0. The molecule has 2 aliphatic heterocycles. The minimum Gasteiger partial charge on any atom is -0.492 e. The number of likely N-dealkylation sites (tertiary alicyclic amines) is 1. The number of alkyl carbamates (subject to hydrolysis) is 1. The van der Waals surface area contributed by atoms with Crippen molar-refractivity contribution in [2.45, 2.75) is 102 Å². The molecule has 12 nitrogen and oxygen atoms in total. The van der Waals surface area contributed by atoms with Gasteiger partial charge in [0.25, 0.3) is 0 Å². The predicted molar refractivity (Wildman–Crippen MR) is 165 cm³/mol. The quantitative estimate of drug-likeness (QED) is 0.256. The molecule has 0 unspecified atom stereocenters. The monoisotopic (exact) mass is 642 g/mol. The fourth-order valence-corrected chi connectivity index (χ4v) is 6.56. The number of nitrogens with zero attached hydrogens (tertiary/aromatic N) is 2. The van der Waals surface area contributed by atoms with Crippen molar-refractivity contribution in [1.82, 2.24) is 15.5 Å². The second-order valence-electron chi connectivity index (χ2n) is 13.7. The number of allylic oxidation sites excluding steroid dienone is 1. The van der Waals surface area contributed by atoms with Gasteiger partial charge in [0, 0.05) is 18.4 Å². The first-order valence-electron chi connectivity index (χ1n) is 15.9. The third-order valence-corrected chi connectivity index (χ3v) is 9.24. The van der Waals surface area contributed by atoms with Crippen LogP contribution in [0.25, 0.3) is 0 Å². The molecule has 46 heavy (non-hydrogen) atoms. The number of carbonyl (C=O) groups excluding carboxylic acids is 3. The number of oxime groups is 1. The van der Waals surface area contributed by atoms with Crippen LogP contribution in [0.1, 0.15) is 77.7 Å². The lowest BCUT2D eigenvalue weighted by Crippen LogP contribution is -2.59. The van der Waals surface area contributed by atoms with Gasteiger partial charge in [-0.3, -0.25) is 9.59 Å². The zero-order chi connectivity index (χ0) is 33.2. The molecule has 3 N–H and O–H groups in total. The third-order valence-electron chi connectivity index (χ3n) is 9.24. The molecule has 13 heteroatoms. The Morgan fingerprint density at radius 3 is 2.65 bits per heavy atom. The average Bonchev–Trinajstić information content (AvgIpc) is 3.31. The van der Waals surface area contributed by atoms with Crippen molar-refractivity contribution < 1.29 is 43.0 Å². The number of hydrogen-bond donors (Lipinski definition) is 3. The highest BCUT2D eigenvalue weighted by molar-refractivity contribution is 6.03. The summed E-state index contributed by atoms with van der Waals surface area (Å²) in [6, 6.07) is 1.95. The molecular weight excluding hydrogens is 599 g/mol. The number of hydrogen-bond acceptors (Lipinski definition) is 8. The van der Waals surface area contributed by atoms with Gasteiger partial charge in [0.05, 0.1) is 18.9 Å². The molecule has 3 fully saturated rings. The fraction of sp³-hybridized carbons (Fsp3) is 0.606. The van der Waals surface area contributed by atoms with Gasteiger partial charge in [-0.2, -0.15) is 0 Å². The van der Waals surface area contributed by atoms with Crippen LogP contribution in [-0.2, 0) is 24.0 Å².